The Bertz CT molecular complexity index is 974. The summed E-state index contributed by atoms with van der Waals surface area (Å²) >= 11 is 1.26. The standard InChI is InChI=1S/C17H16N4O4S/c22-15(14-9-11-8-12(21(23)24)6-7-13(11)26-14)18-17-20-19-16(25-17)10-4-2-1-3-5-10/h6-10H,1-5H2,(H,18,20,22). The van der Waals surface area contributed by atoms with Gasteiger partial charge in [0.05, 0.1) is 9.80 Å². The number of nitro benzene ring substituents is 1. The lowest BCUT2D eigenvalue weighted by molar-refractivity contribution is -0.384. The fourth-order valence-electron chi connectivity index (χ4n) is 3.21. The van der Waals surface area contributed by atoms with Crippen molar-refractivity contribution in [3.05, 3.63) is 45.1 Å². The summed E-state index contributed by atoms with van der Waals surface area (Å²) in [6.07, 6.45) is 5.61. The van der Waals surface area contributed by atoms with Gasteiger partial charge < -0.3 is 4.42 Å². The van der Waals surface area contributed by atoms with Crippen molar-refractivity contribution in [3.63, 3.8) is 0 Å². The van der Waals surface area contributed by atoms with Crippen molar-refractivity contribution in [2.45, 2.75) is 38.0 Å². The number of nitrogens with one attached hydrogen (secondary N) is 1. The molecule has 0 bridgehead atoms. The molecule has 1 amide bonds. The molecule has 1 aliphatic carbocycles. The maximum Gasteiger partial charge on any atom is 0.322 e. The predicted octanol–water partition coefficient (Wildman–Crippen LogP) is 4.49. The van der Waals surface area contributed by atoms with Crippen LogP contribution >= 0.6 is 11.3 Å². The zero-order chi connectivity index (χ0) is 18.1. The van der Waals surface area contributed by atoms with Crippen LogP contribution < -0.4 is 5.32 Å². The van der Waals surface area contributed by atoms with Gasteiger partial charge in [0.2, 0.25) is 5.89 Å². The number of anilines is 1. The molecular weight excluding hydrogens is 356 g/mol. The number of thiophene rings is 1. The average molecular weight is 372 g/mol. The molecule has 0 saturated heterocycles. The van der Waals surface area contributed by atoms with Gasteiger partial charge in [-0.25, -0.2) is 0 Å². The van der Waals surface area contributed by atoms with E-state index in [9.17, 15) is 14.9 Å². The summed E-state index contributed by atoms with van der Waals surface area (Å²) in [6.45, 7) is 0. The number of carbonyl (C=O) groups is 1. The molecule has 1 saturated carbocycles. The second-order valence-corrected chi connectivity index (χ2v) is 7.41. The highest BCUT2D eigenvalue weighted by atomic mass is 32.1. The maximum atomic E-state index is 12.4. The maximum absolute atomic E-state index is 12.4. The highest BCUT2D eigenvalue weighted by Gasteiger charge is 2.22. The van der Waals surface area contributed by atoms with Crippen molar-refractivity contribution >= 4 is 39.0 Å². The van der Waals surface area contributed by atoms with Gasteiger partial charge in [-0.2, -0.15) is 0 Å². The first-order chi connectivity index (χ1) is 12.6. The van der Waals surface area contributed by atoms with Crippen molar-refractivity contribution in [2.24, 2.45) is 0 Å². The van der Waals surface area contributed by atoms with E-state index in [0.29, 0.717) is 16.2 Å². The first kappa shape index (κ1) is 16.6. The lowest BCUT2D eigenvalue weighted by atomic mass is 9.89. The summed E-state index contributed by atoms with van der Waals surface area (Å²) in [5.41, 5.74) is -0.00344. The molecule has 8 nitrogen and oxygen atoms in total. The highest BCUT2D eigenvalue weighted by Crippen LogP contribution is 2.33. The summed E-state index contributed by atoms with van der Waals surface area (Å²) in [6, 6.07) is 6.23. The third-order valence-electron chi connectivity index (χ3n) is 4.55. The number of rotatable bonds is 4. The molecule has 2 heterocycles. The molecule has 1 aromatic carbocycles. The lowest BCUT2D eigenvalue weighted by Gasteiger charge is -2.17. The fraction of sp³-hybridized carbons (Fsp3) is 0.353. The van der Waals surface area contributed by atoms with Crippen LogP contribution in [0.2, 0.25) is 0 Å². The molecule has 1 aliphatic rings. The molecule has 4 rings (SSSR count). The van der Waals surface area contributed by atoms with E-state index in [0.717, 1.165) is 30.4 Å². The zero-order valence-electron chi connectivity index (χ0n) is 13.8. The Morgan fingerprint density at radius 3 is 2.81 bits per heavy atom. The predicted molar refractivity (Wildman–Crippen MR) is 96.6 cm³/mol. The largest absolute Gasteiger partial charge is 0.408 e. The van der Waals surface area contributed by atoms with Crippen LogP contribution in [0.15, 0.2) is 28.7 Å². The van der Waals surface area contributed by atoms with Gasteiger partial charge in [-0.1, -0.05) is 24.4 Å². The molecule has 0 spiro atoms. The van der Waals surface area contributed by atoms with Crippen LogP contribution in [0.5, 0.6) is 0 Å². The minimum atomic E-state index is -0.456. The second-order valence-electron chi connectivity index (χ2n) is 6.32. The fourth-order valence-corrected chi connectivity index (χ4v) is 4.15. The normalized spacial score (nSPS) is 15.2. The van der Waals surface area contributed by atoms with Crippen LogP contribution in [0.3, 0.4) is 0 Å². The Morgan fingerprint density at radius 1 is 1.23 bits per heavy atom. The van der Waals surface area contributed by atoms with Gasteiger partial charge in [-0.15, -0.1) is 16.4 Å². The molecule has 134 valence electrons. The number of carbonyl (C=O) groups excluding carboxylic acids is 1. The Morgan fingerprint density at radius 2 is 2.04 bits per heavy atom. The molecule has 0 atom stereocenters. The molecule has 2 aromatic heterocycles. The zero-order valence-corrected chi connectivity index (χ0v) is 14.6. The van der Waals surface area contributed by atoms with E-state index >= 15 is 0 Å². The molecular formula is C17H16N4O4S. The molecule has 26 heavy (non-hydrogen) atoms. The molecule has 0 unspecified atom stereocenters. The van der Waals surface area contributed by atoms with E-state index in [1.165, 1.54) is 29.9 Å². The third kappa shape index (κ3) is 3.30. The molecule has 0 radical (unpaired) electrons. The van der Waals surface area contributed by atoms with Gasteiger partial charge in [0.15, 0.2) is 0 Å². The molecule has 1 fully saturated rings. The quantitative estimate of drug-likeness (QED) is 0.533. The van der Waals surface area contributed by atoms with Crippen molar-refractivity contribution in [2.75, 3.05) is 5.32 Å². The number of non-ortho nitro benzene ring substituents is 1. The van der Waals surface area contributed by atoms with Gasteiger partial charge in [0, 0.05) is 28.1 Å². The van der Waals surface area contributed by atoms with Gasteiger partial charge >= 0.3 is 6.01 Å². The smallest absolute Gasteiger partial charge is 0.322 e. The Kier molecular flexibility index (Phi) is 4.37. The first-order valence-corrected chi connectivity index (χ1v) is 9.24. The second kappa shape index (κ2) is 6.83. The van der Waals surface area contributed by atoms with Crippen LogP contribution in [-0.4, -0.2) is 21.0 Å². The number of amides is 1. The van der Waals surface area contributed by atoms with Crippen LogP contribution in [0.4, 0.5) is 11.7 Å². The number of nitro groups is 1. The number of hydrogen-bond acceptors (Lipinski definition) is 7. The number of hydrogen-bond donors (Lipinski definition) is 1. The first-order valence-electron chi connectivity index (χ1n) is 8.43. The van der Waals surface area contributed by atoms with E-state index in [4.69, 9.17) is 4.42 Å². The van der Waals surface area contributed by atoms with E-state index < -0.39 is 4.92 Å². The topological polar surface area (TPSA) is 111 Å². The van der Waals surface area contributed by atoms with E-state index in [1.54, 1.807) is 12.1 Å². The number of fused-ring (bicyclic) bond motifs is 1. The number of aromatic nitrogens is 2. The van der Waals surface area contributed by atoms with E-state index in [-0.39, 0.29) is 23.5 Å². The van der Waals surface area contributed by atoms with Crippen molar-refractivity contribution < 1.29 is 14.1 Å². The summed E-state index contributed by atoms with van der Waals surface area (Å²) < 4.78 is 6.40. The summed E-state index contributed by atoms with van der Waals surface area (Å²) in [5.74, 6) is 0.478. The van der Waals surface area contributed by atoms with Crippen molar-refractivity contribution in [1.82, 2.24) is 10.2 Å². The third-order valence-corrected chi connectivity index (χ3v) is 5.66. The molecule has 0 aliphatic heterocycles. The highest BCUT2D eigenvalue weighted by molar-refractivity contribution is 7.20. The van der Waals surface area contributed by atoms with Gasteiger partial charge in [-0.05, 0) is 25.0 Å². The van der Waals surface area contributed by atoms with Crippen LogP contribution in [0.25, 0.3) is 10.1 Å². The van der Waals surface area contributed by atoms with Crippen molar-refractivity contribution in [1.29, 1.82) is 0 Å². The van der Waals surface area contributed by atoms with Crippen LogP contribution in [0.1, 0.15) is 53.6 Å². The van der Waals surface area contributed by atoms with E-state index in [2.05, 4.69) is 15.5 Å². The summed E-state index contributed by atoms with van der Waals surface area (Å²) in [4.78, 5) is 23.3. The van der Waals surface area contributed by atoms with Crippen LogP contribution in [0, 0.1) is 10.1 Å². The van der Waals surface area contributed by atoms with Crippen LogP contribution in [-0.2, 0) is 0 Å². The van der Waals surface area contributed by atoms with Crippen molar-refractivity contribution in [3.8, 4) is 0 Å². The summed E-state index contributed by atoms with van der Waals surface area (Å²) in [5, 5.41) is 22.1. The molecule has 9 heteroatoms. The molecule has 1 N–H and O–H groups in total. The average Bonchev–Trinajstić information content (AvgIpc) is 3.28. The Balaban J connectivity index is 1.50. The lowest BCUT2D eigenvalue weighted by Crippen LogP contribution is -2.10. The monoisotopic (exact) mass is 372 g/mol. The SMILES string of the molecule is O=C(Nc1nnc(C2CCCCC2)o1)c1cc2cc([N+](=O)[O-])ccc2s1. The Hall–Kier alpha value is -2.81. The molecule has 3 aromatic rings. The number of nitrogens with zero attached hydrogens (tertiary/aromatic N) is 3. The van der Waals surface area contributed by atoms with Gasteiger partial charge in [0.25, 0.3) is 11.6 Å². The Labute approximate surface area is 152 Å². The number of benzene rings is 1. The minimum Gasteiger partial charge on any atom is -0.408 e. The van der Waals surface area contributed by atoms with E-state index in [1.807, 2.05) is 0 Å². The minimum absolute atomic E-state index is 0.00344. The van der Waals surface area contributed by atoms with Gasteiger partial charge in [0.1, 0.15) is 0 Å². The summed E-state index contributed by atoms with van der Waals surface area (Å²) in [7, 11) is 0. The van der Waals surface area contributed by atoms with Gasteiger partial charge in [-0.3, -0.25) is 20.2 Å².